The highest BCUT2D eigenvalue weighted by molar-refractivity contribution is 7.90. The van der Waals surface area contributed by atoms with Crippen molar-refractivity contribution >= 4 is 9.84 Å². The molecule has 0 saturated carbocycles. The molecule has 104 valence electrons. The molecular weight excluding hydrogens is 238 g/mol. The van der Waals surface area contributed by atoms with E-state index in [1.807, 2.05) is 0 Å². The summed E-state index contributed by atoms with van der Waals surface area (Å²) in [7, 11) is -1.17. The van der Waals surface area contributed by atoms with Crippen LogP contribution in [0.4, 0.5) is 0 Å². The van der Waals surface area contributed by atoms with Gasteiger partial charge >= 0.3 is 0 Å². The minimum Gasteiger partial charge on any atom is -0.383 e. The molecule has 0 amide bonds. The third-order valence-corrected chi connectivity index (χ3v) is 3.59. The van der Waals surface area contributed by atoms with Gasteiger partial charge in [-0.2, -0.15) is 0 Å². The molecule has 0 aromatic carbocycles. The van der Waals surface area contributed by atoms with E-state index in [9.17, 15) is 8.42 Å². The van der Waals surface area contributed by atoms with Crippen LogP contribution in [0.3, 0.4) is 0 Å². The van der Waals surface area contributed by atoms with Crippen LogP contribution in [0.1, 0.15) is 26.7 Å². The standard InChI is InChI=1S/C12H27NO3S/c1-11(2)9-12(5-8-17(4,14)15)10-13-6-7-16-3/h11-13H,5-10H2,1-4H3. The Hall–Kier alpha value is -0.130. The summed E-state index contributed by atoms with van der Waals surface area (Å²) in [6.45, 7) is 6.73. The zero-order valence-electron chi connectivity index (χ0n) is 11.5. The van der Waals surface area contributed by atoms with Gasteiger partial charge in [-0.3, -0.25) is 0 Å². The average Bonchev–Trinajstić information content (AvgIpc) is 2.18. The summed E-state index contributed by atoms with van der Waals surface area (Å²) >= 11 is 0. The van der Waals surface area contributed by atoms with Crippen molar-refractivity contribution in [1.29, 1.82) is 0 Å². The fourth-order valence-corrected chi connectivity index (χ4v) is 2.59. The summed E-state index contributed by atoms with van der Waals surface area (Å²) in [6, 6.07) is 0. The van der Waals surface area contributed by atoms with Crippen molar-refractivity contribution in [3.05, 3.63) is 0 Å². The topological polar surface area (TPSA) is 55.4 Å². The van der Waals surface area contributed by atoms with Gasteiger partial charge in [-0.1, -0.05) is 13.8 Å². The molecule has 5 heteroatoms. The summed E-state index contributed by atoms with van der Waals surface area (Å²) in [5, 5.41) is 3.31. The van der Waals surface area contributed by atoms with E-state index in [1.165, 1.54) is 6.26 Å². The SMILES string of the molecule is COCCNCC(CCS(C)(=O)=O)CC(C)C. The van der Waals surface area contributed by atoms with E-state index >= 15 is 0 Å². The van der Waals surface area contributed by atoms with Crippen molar-refractivity contribution < 1.29 is 13.2 Å². The van der Waals surface area contributed by atoms with Crippen LogP contribution in [0.2, 0.25) is 0 Å². The van der Waals surface area contributed by atoms with Crippen LogP contribution in [0.5, 0.6) is 0 Å². The zero-order valence-corrected chi connectivity index (χ0v) is 12.3. The lowest BCUT2D eigenvalue weighted by atomic mass is 9.95. The molecular formula is C12H27NO3S. The highest BCUT2D eigenvalue weighted by Crippen LogP contribution is 2.15. The maximum absolute atomic E-state index is 11.2. The molecule has 0 saturated heterocycles. The van der Waals surface area contributed by atoms with Gasteiger partial charge in [0.25, 0.3) is 0 Å². The van der Waals surface area contributed by atoms with E-state index in [0.717, 1.165) is 25.9 Å². The van der Waals surface area contributed by atoms with Crippen molar-refractivity contribution in [2.75, 3.05) is 38.8 Å². The second kappa shape index (κ2) is 8.89. The summed E-state index contributed by atoms with van der Waals surface area (Å²) in [4.78, 5) is 0. The Kier molecular flexibility index (Phi) is 8.82. The summed E-state index contributed by atoms with van der Waals surface area (Å²) in [6.07, 6.45) is 3.12. The van der Waals surface area contributed by atoms with Gasteiger partial charge < -0.3 is 10.1 Å². The monoisotopic (exact) mass is 265 g/mol. The van der Waals surface area contributed by atoms with Crippen molar-refractivity contribution in [1.82, 2.24) is 5.32 Å². The molecule has 0 radical (unpaired) electrons. The zero-order chi connectivity index (χ0) is 13.3. The number of hydrogen-bond donors (Lipinski definition) is 1. The van der Waals surface area contributed by atoms with Gasteiger partial charge in [-0.05, 0) is 31.2 Å². The van der Waals surface area contributed by atoms with Crippen molar-refractivity contribution in [2.45, 2.75) is 26.7 Å². The lowest BCUT2D eigenvalue weighted by Crippen LogP contribution is -2.28. The summed E-state index contributed by atoms with van der Waals surface area (Å²) in [5.41, 5.74) is 0. The Morgan fingerprint density at radius 1 is 1.29 bits per heavy atom. The average molecular weight is 265 g/mol. The smallest absolute Gasteiger partial charge is 0.147 e. The molecule has 1 N–H and O–H groups in total. The molecule has 0 aliphatic carbocycles. The van der Waals surface area contributed by atoms with E-state index in [0.29, 0.717) is 18.4 Å². The maximum Gasteiger partial charge on any atom is 0.147 e. The van der Waals surface area contributed by atoms with Gasteiger partial charge in [0, 0.05) is 19.9 Å². The molecule has 0 spiro atoms. The van der Waals surface area contributed by atoms with Crippen LogP contribution < -0.4 is 5.32 Å². The van der Waals surface area contributed by atoms with E-state index in [2.05, 4.69) is 19.2 Å². The highest BCUT2D eigenvalue weighted by atomic mass is 32.2. The number of rotatable bonds is 10. The van der Waals surface area contributed by atoms with Crippen molar-refractivity contribution in [3.8, 4) is 0 Å². The van der Waals surface area contributed by atoms with E-state index < -0.39 is 9.84 Å². The third kappa shape index (κ3) is 12.1. The maximum atomic E-state index is 11.2. The number of hydrogen-bond acceptors (Lipinski definition) is 4. The molecule has 0 aliphatic heterocycles. The lowest BCUT2D eigenvalue weighted by molar-refractivity contribution is 0.197. The van der Waals surface area contributed by atoms with Crippen molar-refractivity contribution in [2.24, 2.45) is 11.8 Å². The Bertz CT molecular complexity index is 275. The first kappa shape index (κ1) is 16.9. The summed E-state index contributed by atoms with van der Waals surface area (Å²) in [5.74, 6) is 1.32. The van der Waals surface area contributed by atoms with Gasteiger partial charge in [-0.15, -0.1) is 0 Å². The van der Waals surface area contributed by atoms with Gasteiger partial charge in [-0.25, -0.2) is 8.42 Å². The first-order valence-corrected chi connectivity index (χ1v) is 8.28. The predicted molar refractivity (Wildman–Crippen MR) is 72.0 cm³/mol. The quantitative estimate of drug-likeness (QED) is 0.605. The molecule has 0 heterocycles. The second-order valence-corrected chi connectivity index (χ2v) is 7.37. The van der Waals surface area contributed by atoms with Crippen molar-refractivity contribution in [3.63, 3.8) is 0 Å². The Balaban J connectivity index is 3.96. The van der Waals surface area contributed by atoms with E-state index in [-0.39, 0.29) is 5.75 Å². The molecule has 0 fully saturated rings. The molecule has 0 aliphatic rings. The van der Waals surface area contributed by atoms with Crippen LogP contribution in [-0.2, 0) is 14.6 Å². The Morgan fingerprint density at radius 3 is 2.41 bits per heavy atom. The van der Waals surface area contributed by atoms with Gasteiger partial charge in [0.2, 0.25) is 0 Å². The van der Waals surface area contributed by atoms with Crippen LogP contribution in [0.15, 0.2) is 0 Å². The van der Waals surface area contributed by atoms with Crippen LogP contribution >= 0.6 is 0 Å². The number of nitrogens with one attached hydrogen (secondary N) is 1. The predicted octanol–water partition coefficient (Wildman–Crippen LogP) is 1.32. The minimum atomic E-state index is -2.84. The molecule has 1 unspecified atom stereocenters. The third-order valence-electron chi connectivity index (χ3n) is 2.62. The number of methoxy groups -OCH3 is 1. The fraction of sp³-hybridized carbons (Fsp3) is 1.00. The van der Waals surface area contributed by atoms with Crippen LogP contribution in [0.25, 0.3) is 0 Å². The molecule has 0 rings (SSSR count). The van der Waals surface area contributed by atoms with Gasteiger partial charge in [0.1, 0.15) is 9.84 Å². The van der Waals surface area contributed by atoms with Crippen LogP contribution in [-0.4, -0.2) is 47.2 Å². The largest absolute Gasteiger partial charge is 0.383 e. The number of sulfone groups is 1. The summed E-state index contributed by atoms with van der Waals surface area (Å²) < 4.78 is 27.3. The van der Waals surface area contributed by atoms with Crippen LogP contribution in [0, 0.1) is 11.8 Å². The molecule has 0 aromatic heterocycles. The normalized spacial score (nSPS) is 14.2. The second-order valence-electron chi connectivity index (χ2n) is 5.11. The Morgan fingerprint density at radius 2 is 1.94 bits per heavy atom. The fourth-order valence-electron chi connectivity index (χ4n) is 1.83. The molecule has 0 bridgehead atoms. The van der Waals surface area contributed by atoms with Gasteiger partial charge in [0.15, 0.2) is 0 Å². The lowest BCUT2D eigenvalue weighted by Gasteiger charge is -2.19. The molecule has 4 nitrogen and oxygen atoms in total. The molecule has 0 aromatic rings. The minimum absolute atomic E-state index is 0.288. The first-order chi connectivity index (χ1) is 7.85. The highest BCUT2D eigenvalue weighted by Gasteiger charge is 2.13. The molecule has 17 heavy (non-hydrogen) atoms. The van der Waals surface area contributed by atoms with Gasteiger partial charge in [0.05, 0.1) is 12.4 Å². The van der Waals surface area contributed by atoms with E-state index in [1.54, 1.807) is 7.11 Å². The van der Waals surface area contributed by atoms with E-state index in [4.69, 9.17) is 4.74 Å². The number of ether oxygens (including phenoxy) is 1. The Labute approximate surface area is 106 Å². The first-order valence-electron chi connectivity index (χ1n) is 6.22. The molecule has 1 atom stereocenters.